The van der Waals surface area contributed by atoms with E-state index < -0.39 is 29.3 Å². The zero-order valence-corrected chi connectivity index (χ0v) is 19.7. The summed E-state index contributed by atoms with van der Waals surface area (Å²) in [5.41, 5.74) is 1.89. The number of ether oxygens (including phenoxy) is 1. The smallest absolute Gasteiger partial charge is 0.295 e. The molecule has 1 saturated heterocycles. The number of Topliss-reactive ketones (excluding diaryl/α,β-unsaturated/α-hetero) is 1. The fourth-order valence-electron chi connectivity index (χ4n) is 4.05. The van der Waals surface area contributed by atoms with Crippen molar-refractivity contribution in [3.8, 4) is 5.75 Å². The largest absolute Gasteiger partial charge is 0.507 e. The number of likely N-dealkylation sites (tertiary alicyclic amines) is 1. The predicted octanol–water partition coefficient (Wildman–Crippen LogP) is 5.33. The molecule has 7 heteroatoms. The molecule has 1 aromatic heterocycles. The van der Waals surface area contributed by atoms with E-state index in [1.54, 1.807) is 55.7 Å². The van der Waals surface area contributed by atoms with Crippen LogP contribution in [0.25, 0.3) is 5.76 Å². The fourth-order valence-corrected chi connectivity index (χ4v) is 4.05. The predicted molar refractivity (Wildman–Crippen MR) is 130 cm³/mol. The molecule has 1 atom stereocenters. The lowest BCUT2D eigenvalue weighted by Gasteiger charge is -2.25. The summed E-state index contributed by atoms with van der Waals surface area (Å²) in [4.78, 5) is 31.7. The maximum Gasteiger partial charge on any atom is 0.295 e. The van der Waals surface area contributed by atoms with Crippen LogP contribution in [0.4, 0.5) is 4.39 Å². The van der Waals surface area contributed by atoms with Gasteiger partial charge in [-0.05, 0) is 60.4 Å². The Balaban J connectivity index is 1.78. The second kappa shape index (κ2) is 10.5. The number of pyridine rings is 1. The average molecular weight is 475 g/mol. The number of aryl methyl sites for hydroxylation is 1. The van der Waals surface area contributed by atoms with Crippen molar-refractivity contribution in [2.75, 3.05) is 6.61 Å². The third-order valence-corrected chi connectivity index (χ3v) is 6.05. The number of nitrogens with zero attached hydrogens (tertiary/aromatic N) is 2. The van der Waals surface area contributed by atoms with Crippen molar-refractivity contribution in [2.45, 2.75) is 39.3 Å². The molecule has 0 unspecified atom stereocenters. The fraction of sp³-hybridized carbons (Fsp3) is 0.250. The number of ketones is 1. The number of amides is 1. The number of rotatable bonds is 8. The lowest BCUT2D eigenvalue weighted by atomic mass is 9.94. The first-order valence-electron chi connectivity index (χ1n) is 11.6. The van der Waals surface area contributed by atoms with Crippen molar-refractivity contribution < 1.29 is 23.8 Å². The molecule has 35 heavy (non-hydrogen) atoms. The van der Waals surface area contributed by atoms with Crippen molar-refractivity contribution >= 4 is 17.4 Å². The number of unbranched alkanes of at least 4 members (excludes halogenated alkanes) is 1. The molecule has 0 saturated carbocycles. The Morgan fingerprint density at radius 1 is 1.09 bits per heavy atom. The standard InChI is InChI=1S/C28H27FN2O4/c1-3-4-15-35-22-9-7-20(8-10-22)25-24(26(32)21-6-5-18(2)23(29)16-21)27(33)28(34)31(25)17-19-11-13-30-14-12-19/h5-14,16,25,32H,3-4,15,17H2,1-2H3/t25-/m0/s1. The third kappa shape index (κ3) is 5.09. The van der Waals surface area contributed by atoms with Crippen LogP contribution in [-0.4, -0.2) is 33.3 Å². The average Bonchev–Trinajstić information content (AvgIpc) is 3.11. The van der Waals surface area contributed by atoms with Crippen LogP contribution in [0, 0.1) is 12.7 Å². The topological polar surface area (TPSA) is 79.7 Å². The molecule has 6 nitrogen and oxygen atoms in total. The molecule has 4 rings (SSSR count). The number of carbonyl (C=O) groups excluding carboxylic acids is 2. The highest BCUT2D eigenvalue weighted by Gasteiger charge is 2.46. The van der Waals surface area contributed by atoms with E-state index in [9.17, 15) is 19.1 Å². The van der Waals surface area contributed by atoms with Crippen molar-refractivity contribution in [2.24, 2.45) is 0 Å². The summed E-state index contributed by atoms with van der Waals surface area (Å²) in [6.07, 6.45) is 5.17. The molecular weight excluding hydrogens is 447 g/mol. The highest BCUT2D eigenvalue weighted by atomic mass is 19.1. The number of aliphatic hydroxyl groups is 1. The summed E-state index contributed by atoms with van der Waals surface area (Å²) in [5, 5.41) is 11.1. The Bertz CT molecular complexity index is 1260. The quantitative estimate of drug-likeness (QED) is 0.207. The highest BCUT2D eigenvalue weighted by Crippen LogP contribution is 2.40. The normalized spacial score (nSPS) is 17.1. The van der Waals surface area contributed by atoms with Crippen molar-refractivity contribution in [1.82, 2.24) is 9.88 Å². The number of halogens is 1. The van der Waals surface area contributed by atoms with Gasteiger partial charge in [0.05, 0.1) is 18.2 Å². The van der Waals surface area contributed by atoms with Gasteiger partial charge in [0.1, 0.15) is 17.3 Å². The second-order valence-corrected chi connectivity index (χ2v) is 8.52. The molecular formula is C28H27FN2O4. The zero-order chi connectivity index (χ0) is 24.9. The van der Waals surface area contributed by atoms with Crippen LogP contribution in [0.2, 0.25) is 0 Å². The lowest BCUT2D eigenvalue weighted by Crippen LogP contribution is -2.29. The van der Waals surface area contributed by atoms with E-state index in [1.807, 2.05) is 0 Å². The third-order valence-electron chi connectivity index (χ3n) is 6.05. The molecule has 0 aliphatic carbocycles. The van der Waals surface area contributed by atoms with E-state index in [0.717, 1.165) is 18.4 Å². The molecule has 3 aromatic rings. The minimum Gasteiger partial charge on any atom is -0.507 e. The number of aliphatic hydroxyl groups excluding tert-OH is 1. The van der Waals surface area contributed by atoms with Crippen LogP contribution < -0.4 is 4.74 Å². The van der Waals surface area contributed by atoms with Crippen LogP contribution in [0.5, 0.6) is 5.75 Å². The molecule has 1 aliphatic heterocycles. The summed E-state index contributed by atoms with van der Waals surface area (Å²) in [6.45, 7) is 4.43. The second-order valence-electron chi connectivity index (χ2n) is 8.52. The maximum atomic E-state index is 14.2. The molecule has 1 aliphatic rings. The van der Waals surface area contributed by atoms with E-state index in [4.69, 9.17) is 4.74 Å². The Morgan fingerprint density at radius 2 is 1.80 bits per heavy atom. The van der Waals surface area contributed by atoms with E-state index in [-0.39, 0.29) is 17.7 Å². The Kier molecular flexibility index (Phi) is 7.25. The minimum absolute atomic E-state index is 0.0769. The first-order valence-corrected chi connectivity index (χ1v) is 11.6. The minimum atomic E-state index is -0.850. The van der Waals surface area contributed by atoms with Gasteiger partial charge < -0.3 is 14.7 Å². The van der Waals surface area contributed by atoms with Crippen molar-refractivity contribution in [3.05, 3.63) is 101 Å². The number of benzene rings is 2. The highest BCUT2D eigenvalue weighted by molar-refractivity contribution is 6.46. The van der Waals surface area contributed by atoms with Gasteiger partial charge in [-0.25, -0.2) is 4.39 Å². The van der Waals surface area contributed by atoms with Gasteiger partial charge in [0, 0.05) is 24.5 Å². The summed E-state index contributed by atoms with van der Waals surface area (Å²) in [7, 11) is 0. The molecule has 0 radical (unpaired) electrons. The molecule has 2 heterocycles. The van der Waals surface area contributed by atoms with Gasteiger partial charge in [0.2, 0.25) is 0 Å². The molecule has 0 spiro atoms. The molecule has 2 aromatic carbocycles. The zero-order valence-electron chi connectivity index (χ0n) is 19.7. The first-order chi connectivity index (χ1) is 16.9. The SMILES string of the molecule is CCCCOc1ccc([C@H]2C(=C(O)c3ccc(C)c(F)c3)C(=O)C(=O)N2Cc2ccncc2)cc1. The van der Waals surface area contributed by atoms with Crippen LogP contribution in [0.1, 0.15) is 48.1 Å². The molecule has 180 valence electrons. The molecule has 1 amide bonds. The van der Waals surface area contributed by atoms with E-state index in [2.05, 4.69) is 11.9 Å². The van der Waals surface area contributed by atoms with Gasteiger partial charge in [0.15, 0.2) is 0 Å². The molecule has 1 fully saturated rings. The van der Waals surface area contributed by atoms with Crippen molar-refractivity contribution in [3.63, 3.8) is 0 Å². The van der Waals surface area contributed by atoms with Crippen LogP contribution in [-0.2, 0) is 16.1 Å². The number of hydrogen-bond donors (Lipinski definition) is 1. The van der Waals surface area contributed by atoms with E-state index in [1.165, 1.54) is 23.1 Å². The first kappa shape index (κ1) is 24.1. The van der Waals surface area contributed by atoms with Gasteiger partial charge in [-0.1, -0.05) is 37.6 Å². The van der Waals surface area contributed by atoms with Gasteiger partial charge in [-0.15, -0.1) is 0 Å². The summed E-state index contributed by atoms with van der Waals surface area (Å²) >= 11 is 0. The number of hydrogen-bond acceptors (Lipinski definition) is 5. The van der Waals surface area contributed by atoms with Crippen LogP contribution in [0.15, 0.2) is 72.6 Å². The maximum absolute atomic E-state index is 14.2. The lowest BCUT2D eigenvalue weighted by molar-refractivity contribution is -0.140. The van der Waals surface area contributed by atoms with Crippen LogP contribution >= 0.6 is 0 Å². The Morgan fingerprint density at radius 3 is 2.46 bits per heavy atom. The van der Waals surface area contributed by atoms with Gasteiger partial charge in [-0.2, -0.15) is 0 Å². The van der Waals surface area contributed by atoms with Crippen molar-refractivity contribution in [1.29, 1.82) is 0 Å². The summed E-state index contributed by atoms with van der Waals surface area (Å²) < 4.78 is 20.0. The van der Waals surface area contributed by atoms with Gasteiger partial charge in [0.25, 0.3) is 11.7 Å². The Labute approximate surface area is 203 Å². The Hall–Kier alpha value is -4.00. The number of aromatic nitrogens is 1. The number of carbonyl (C=O) groups is 2. The summed E-state index contributed by atoms with van der Waals surface area (Å²) in [6, 6.07) is 14.0. The van der Waals surface area contributed by atoms with E-state index >= 15 is 0 Å². The monoisotopic (exact) mass is 474 g/mol. The van der Waals surface area contributed by atoms with E-state index in [0.29, 0.717) is 23.5 Å². The molecule has 1 N–H and O–H groups in total. The molecule has 0 bridgehead atoms. The van der Waals surface area contributed by atoms with Gasteiger partial charge in [-0.3, -0.25) is 14.6 Å². The van der Waals surface area contributed by atoms with Crippen LogP contribution in [0.3, 0.4) is 0 Å². The van der Waals surface area contributed by atoms with Gasteiger partial charge >= 0.3 is 0 Å². The summed E-state index contributed by atoms with van der Waals surface area (Å²) in [5.74, 6) is -1.79.